The molecule has 0 aliphatic rings. The molecule has 2 aromatic rings. The second kappa shape index (κ2) is 5.55. The van der Waals surface area contributed by atoms with Crippen molar-refractivity contribution in [3.05, 3.63) is 23.8 Å². The number of hydrogen-bond acceptors (Lipinski definition) is 7. The molecule has 0 spiro atoms. The smallest absolute Gasteiger partial charge is 0.360 e. The number of hydrogen-bond donors (Lipinski definition) is 1. The average Bonchev–Trinajstić information content (AvgIpc) is 2.80. The lowest BCUT2D eigenvalue weighted by molar-refractivity contribution is 0.0521. The number of nitrogens with zero attached hydrogens (tertiary/aromatic N) is 4. The van der Waals surface area contributed by atoms with Crippen LogP contribution in [0.5, 0.6) is 5.88 Å². The molecule has 0 radical (unpaired) electrons. The zero-order valence-corrected chi connectivity index (χ0v) is 11.5. The van der Waals surface area contributed by atoms with Crippen LogP contribution in [0.25, 0.3) is 5.95 Å². The number of esters is 1. The maximum absolute atomic E-state index is 11.7. The number of aromatic nitrogens is 4. The molecule has 0 atom stereocenters. The monoisotopic (exact) mass is 277 g/mol. The Morgan fingerprint density at radius 2 is 2.20 bits per heavy atom. The molecule has 0 aliphatic carbocycles. The van der Waals surface area contributed by atoms with E-state index < -0.39 is 5.97 Å². The highest BCUT2D eigenvalue weighted by molar-refractivity contribution is 5.92. The number of methoxy groups -OCH3 is 1. The summed E-state index contributed by atoms with van der Waals surface area (Å²) >= 11 is 0. The highest BCUT2D eigenvalue weighted by atomic mass is 16.5. The van der Waals surface area contributed by atoms with Crippen LogP contribution in [0, 0.1) is 6.92 Å². The number of carbonyl (C=O) groups is 1. The first-order chi connectivity index (χ1) is 9.56. The third kappa shape index (κ3) is 2.53. The van der Waals surface area contributed by atoms with Crippen molar-refractivity contribution < 1.29 is 14.3 Å². The lowest BCUT2D eigenvalue weighted by Gasteiger charge is -2.07. The second-order valence-corrected chi connectivity index (χ2v) is 3.92. The molecule has 20 heavy (non-hydrogen) atoms. The number of rotatable bonds is 4. The summed E-state index contributed by atoms with van der Waals surface area (Å²) in [6, 6.07) is 1.68. The molecule has 2 heterocycles. The van der Waals surface area contributed by atoms with E-state index in [1.165, 1.54) is 18.0 Å². The lowest BCUT2D eigenvalue weighted by Crippen LogP contribution is -2.11. The average molecular weight is 277 g/mol. The van der Waals surface area contributed by atoms with Gasteiger partial charge in [-0.15, -0.1) is 0 Å². The van der Waals surface area contributed by atoms with Crippen molar-refractivity contribution in [1.82, 2.24) is 19.5 Å². The minimum atomic E-state index is -0.580. The van der Waals surface area contributed by atoms with Gasteiger partial charge >= 0.3 is 5.97 Å². The summed E-state index contributed by atoms with van der Waals surface area (Å²) < 4.78 is 11.3. The van der Waals surface area contributed by atoms with Crippen LogP contribution in [0.1, 0.15) is 23.1 Å². The Morgan fingerprint density at radius 1 is 1.45 bits per heavy atom. The van der Waals surface area contributed by atoms with E-state index in [1.807, 2.05) is 0 Å². The van der Waals surface area contributed by atoms with Crippen molar-refractivity contribution in [3.8, 4) is 11.8 Å². The Labute approximate surface area is 115 Å². The molecule has 2 aromatic heterocycles. The third-order valence-electron chi connectivity index (χ3n) is 2.52. The van der Waals surface area contributed by atoms with Gasteiger partial charge in [-0.1, -0.05) is 0 Å². The van der Waals surface area contributed by atoms with Crippen molar-refractivity contribution in [3.63, 3.8) is 0 Å². The highest BCUT2D eigenvalue weighted by Crippen LogP contribution is 2.17. The number of imidazole rings is 1. The van der Waals surface area contributed by atoms with Gasteiger partial charge in [0.15, 0.2) is 5.69 Å². The molecule has 0 fully saturated rings. The van der Waals surface area contributed by atoms with Crippen molar-refractivity contribution in [1.29, 1.82) is 0 Å². The van der Waals surface area contributed by atoms with Crippen LogP contribution in [-0.2, 0) is 4.74 Å². The van der Waals surface area contributed by atoms with Crippen LogP contribution in [0.3, 0.4) is 0 Å². The van der Waals surface area contributed by atoms with Gasteiger partial charge in [0.2, 0.25) is 11.8 Å². The Morgan fingerprint density at radius 3 is 2.85 bits per heavy atom. The van der Waals surface area contributed by atoms with Crippen LogP contribution in [0.4, 0.5) is 5.82 Å². The summed E-state index contributed by atoms with van der Waals surface area (Å²) in [6.45, 7) is 3.76. The fraction of sp³-hybridized carbons (Fsp3) is 0.333. The summed E-state index contributed by atoms with van der Waals surface area (Å²) in [6.07, 6.45) is 1.37. The molecule has 0 aliphatic heterocycles. The lowest BCUT2D eigenvalue weighted by atomic mass is 10.4. The van der Waals surface area contributed by atoms with Crippen LogP contribution in [-0.4, -0.2) is 39.2 Å². The predicted octanol–water partition coefficient (Wildman–Crippen LogP) is 0.738. The van der Waals surface area contributed by atoms with E-state index in [-0.39, 0.29) is 24.1 Å². The van der Waals surface area contributed by atoms with Gasteiger partial charge in [-0.25, -0.2) is 14.8 Å². The first-order valence-corrected chi connectivity index (χ1v) is 5.96. The van der Waals surface area contributed by atoms with Gasteiger partial charge in [0.25, 0.3) is 0 Å². The van der Waals surface area contributed by atoms with E-state index in [4.69, 9.17) is 15.2 Å². The molecular formula is C12H15N5O3. The molecular weight excluding hydrogens is 262 g/mol. The maximum Gasteiger partial charge on any atom is 0.360 e. The first-order valence-electron chi connectivity index (χ1n) is 5.96. The third-order valence-corrected chi connectivity index (χ3v) is 2.52. The van der Waals surface area contributed by atoms with E-state index >= 15 is 0 Å². The normalized spacial score (nSPS) is 10.3. The minimum absolute atomic E-state index is 0.0379. The van der Waals surface area contributed by atoms with E-state index in [0.717, 1.165) is 0 Å². The number of aryl methyl sites for hydroxylation is 1. The molecule has 8 heteroatoms. The van der Waals surface area contributed by atoms with Gasteiger partial charge in [0, 0.05) is 11.8 Å². The van der Waals surface area contributed by atoms with Gasteiger partial charge in [0.1, 0.15) is 12.1 Å². The Balaban J connectivity index is 2.44. The van der Waals surface area contributed by atoms with E-state index in [1.54, 1.807) is 19.9 Å². The van der Waals surface area contributed by atoms with Crippen LogP contribution >= 0.6 is 0 Å². The van der Waals surface area contributed by atoms with Gasteiger partial charge in [-0.05, 0) is 13.8 Å². The Bertz CT molecular complexity index is 638. The molecule has 0 saturated carbocycles. The fourth-order valence-corrected chi connectivity index (χ4v) is 1.61. The zero-order chi connectivity index (χ0) is 14.7. The summed E-state index contributed by atoms with van der Waals surface area (Å²) in [5.41, 5.74) is 6.63. The molecule has 0 aromatic carbocycles. The fourth-order valence-electron chi connectivity index (χ4n) is 1.61. The molecule has 0 unspecified atom stereocenters. The second-order valence-electron chi connectivity index (χ2n) is 3.92. The summed E-state index contributed by atoms with van der Waals surface area (Å²) in [5.74, 6) is 0.222. The number of anilines is 1. The Hall–Kier alpha value is -2.64. The topological polar surface area (TPSA) is 105 Å². The zero-order valence-electron chi connectivity index (χ0n) is 11.5. The van der Waals surface area contributed by atoms with E-state index in [0.29, 0.717) is 11.6 Å². The SMILES string of the molecule is CCOC(=O)c1ncn(-c2nc(C)cc(OC)n2)c1N. The van der Waals surface area contributed by atoms with Crippen LogP contribution in [0.15, 0.2) is 12.4 Å². The molecule has 2 rings (SSSR count). The number of nitrogens with two attached hydrogens (primary N) is 1. The summed E-state index contributed by atoms with van der Waals surface area (Å²) in [7, 11) is 1.51. The molecule has 2 N–H and O–H groups in total. The number of ether oxygens (including phenoxy) is 2. The molecule has 0 saturated heterocycles. The maximum atomic E-state index is 11.7. The van der Waals surface area contributed by atoms with Gasteiger partial charge in [0.05, 0.1) is 13.7 Å². The van der Waals surface area contributed by atoms with Crippen molar-refractivity contribution in [2.45, 2.75) is 13.8 Å². The van der Waals surface area contributed by atoms with Gasteiger partial charge < -0.3 is 15.2 Å². The molecule has 106 valence electrons. The standard InChI is InChI=1S/C12H15N5O3/c1-4-20-11(18)9-10(13)17(6-14-9)12-15-7(2)5-8(16-12)19-3/h5-6H,4,13H2,1-3H3. The van der Waals surface area contributed by atoms with Crippen molar-refractivity contribution in [2.75, 3.05) is 19.5 Å². The summed E-state index contributed by atoms with van der Waals surface area (Å²) in [4.78, 5) is 24.0. The summed E-state index contributed by atoms with van der Waals surface area (Å²) in [5, 5.41) is 0. The first kappa shape index (κ1) is 13.8. The number of nitrogen functional groups attached to an aromatic ring is 1. The Kier molecular flexibility index (Phi) is 3.83. The van der Waals surface area contributed by atoms with Crippen LogP contribution in [0.2, 0.25) is 0 Å². The predicted molar refractivity (Wildman–Crippen MR) is 70.8 cm³/mol. The molecule has 0 amide bonds. The molecule has 0 bridgehead atoms. The van der Waals surface area contributed by atoms with Crippen LogP contribution < -0.4 is 10.5 Å². The number of carbonyl (C=O) groups excluding carboxylic acids is 1. The largest absolute Gasteiger partial charge is 0.481 e. The quantitative estimate of drug-likeness (QED) is 0.821. The van der Waals surface area contributed by atoms with Gasteiger partial charge in [-0.2, -0.15) is 4.98 Å². The minimum Gasteiger partial charge on any atom is -0.481 e. The van der Waals surface area contributed by atoms with Gasteiger partial charge in [-0.3, -0.25) is 4.57 Å². The van der Waals surface area contributed by atoms with E-state index in [2.05, 4.69) is 15.0 Å². The van der Waals surface area contributed by atoms with Crippen molar-refractivity contribution >= 4 is 11.8 Å². The molecule has 8 nitrogen and oxygen atoms in total. The highest BCUT2D eigenvalue weighted by Gasteiger charge is 2.19. The van der Waals surface area contributed by atoms with E-state index in [9.17, 15) is 4.79 Å². The van der Waals surface area contributed by atoms with Crippen molar-refractivity contribution in [2.24, 2.45) is 0 Å².